The van der Waals surface area contributed by atoms with Gasteiger partial charge in [0.05, 0.1) is 68.7 Å². The standard InChI is InChI=1S/C42H60N12O8.C42H79N9O10/c43-28-15-16-35(56)47-17-7-6-13-30(36(44)57)50-39(60)33(20-25-22-49-29-12-5-4-11-27(25)29)52-37(58)31(14-8-18-48-42(45)46)51-38(59)32(19-24-9-2-1-3-10-24)53-40(61)34-21-26(55)23-54(34)41(28)62;1-5-7-9-10-11-12-13-14-15-16-17-18-19-21-36(56)45-25-37(57)47-34(26-52)41(60)50-33(23-35(43)55)39(58)49-32(22-30-24-44-27-46-30)40(59)51-38(29(4)54)42(61)48-31(28(3)53)20-8-6-2/h1-5,9-12,22,26,28,30-34,41,49,55,62H,6-8,13-21,23,43H2,(H2,44,57)(H,47,56)(H,50,60)(H,51,59)(H,52,58)(H,53,61)(H4,45,46,48);24,29,31-34,38,40-41,44,46,50-52,54,59-60H,5-23,25-27H2,1-4H3,(H2,43,55)(H,45,56)(H,47,57)(H,48,61)(H,49,58)/t26-,28+,30+,31+,32-,33+,34+,41+;29?,31-,32-,33?,34-,38-,40-,41-/m10/s1. The van der Waals surface area contributed by atoms with Crippen molar-refractivity contribution in [2.75, 3.05) is 39.5 Å². The summed E-state index contributed by atoms with van der Waals surface area (Å²) in [7, 11) is 0. The van der Waals surface area contributed by atoms with Crippen LogP contribution in [-0.2, 0) is 70.4 Å². The number of aliphatic hydroxyl groups is 6. The third kappa shape index (κ3) is 38.8. The van der Waals surface area contributed by atoms with Crippen LogP contribution in [0, 0.1) is 0 Å². The third-order valence-corrected chi connectivity index (χ3v) is 21.8. The molecular weight excluding hydrogens is 1590 g/mol. The molecule has 39 heteroatoms. The van der Waals surface area contributed by atoms with E-state index in [-0.39, 0.29) is 107 Å². The molecule has 30 N–H and O–H groups in total. The zero-order valence-electron chi connectivity index (χ0n) is 71.7. The normalized spacial score (nSPS) is 21.6. The van der Waals surface area contributed by atoms with Crippen LogP contribution in [0.1, 0.15) is 212 Å². The number of nitrogens with one attached hydrogen (secondary N) is 14. The van der Waals surface area contributed by atoms with Crippen LogP contribution >= 0.6 is 0 Å². The van der Waals surface area contributed by atoms with Gasteiger partial charge in [0.25, 0.3) is 0 Å². The van der Waals surface area contributed by atoms with E-state index < -0.39 is 170 Å². The van der Waals surface area contributed by atoms with Gasteiger partial charge in [0, 0.05) is 86.8 Å². The maximum absolute atomic E-state index is 14.4. The Bertz CT molecular complexity index is 3850. The number of carbonyl (C=O) groups excluding carboxylic acids is 12. The van der Waals surface area contributed by atoms with Crippen molar-refractivity contribution >= 4 is 87.6 Å². The summed E-state index contributed by atoms with van der Waals surface area (Å²) in [5.74, 6) is -8.07. The molecule has 1 aromatic heterocycles. The van der Waals surface area contributed by atoms with Crippen molar-refractivity contribution in [3.63, 3.8) is 0 Å². The largest absolute Gasteiger partial charge is 0.394 e. The second kappa shape index (κ2) is 56.7. The Morgan fingerprint density at radius 3 is 1.89 bits per heavy atom. The van der Waals surface area contributed by atoms with Crippen LogP contribution in [0.25, 0.3) is 10.9 Å². The summed E-state index contributed by atoms with van der Waals surface area (Å²) in [5.41, 5.74) is 31.3. The van der Waals surface area contributed by atoms with E-state index in [4.69, 9.17) is 28.7 Å². The lowest BCUT2D eigenvalue weighted by Crippen LogP contribution is -2.63. The molecule has 0 radical (unpaired) electrons. The molecule has 2 aromatic carbocycles. The molecule has 3 aliphatic heterocycles. The minimum Gasteiger partial charge on any atom is -0.394 e. The predicted molar refractivity (Wildman–Crippen MR) is 462 cm³/mol. The zero-order chi connectivity index (χ0) is 90.3. The fraction of sp³-hybridized carbons (Fsp3) is 0.655. The molecule has 0 bridgehead atoms. The zero-order valence-corrected chi connectivity index (χ0v) is 71.7. The number of guanidine groups is 1. The summed E-state index contributed by atoms with van der Waals surface area (Å²) in [6.07, 6.45) is 13.9. The van der Waals surface area contributed by atoms with Crippen LogP contribution in [0.15, 0.2) is 77.7 Å². The van der Waals surface area contributed by atoms with E-state index in [2.05, 4.69) is 86.0 Å². The first kappa shape index (κ1) is 104. The number of primary amides is 2. The lowest BCUT2D eigenvalue weighted by molar-refractivity contribution is -0.136. The van der Waals surface area contributed by atoms with E-state index in [1.165, 1.54) is 76.5 Å². The number of aromatic nitrogens is 1. The SMILES string of the molecule is CCCCCCCCCCCCCCCC(=O)NCC(=O)N[C@@H](CO)[C@H](O)NC(CC(N)=O)C(=O)N[C@@H](CC1=CNCN1)[C@H](O)N[C@H](C(=O)N[C@@H](CCCC)C(C)=O)C(C)O.NC(=O)[C@@H]1CCCCNC(=O)CC[C@H](N)[C@H](O)N2C[C@H](O)C[C@H]2C(=O)N[C@H](Cc2ccccc2)C(=O)N[C@@H](CCCN=C(N)N)C(=O)N[C@@H](Cc2c[nH]c3ccccc23)C(=O)N1. The number of fused-ring (bicyclic) bond motifs is 2. The Balaban J connectivity index is 0.000000437. The molecule has 2 unspecified atom stereocenters. The second-order valence-electron chi connectivity index (χ2n) is 32.1. The maximum atomic E-state index is 14.4. The van der Waals surface area contributed by atoms with Crippen LogP contribution in [0.5, 0.6) is 0 Å². The van der Waals surface area contributed by atoms with Gasteiger partial charge < -0.3 is 123 Å². The molecule has 0 aliphatic carbocycles. The number of carbonyl (C=O) groups is 12. The molecule has 2 saturated heterocycles. The van der Waals surface area contributed by atoms with Gasteiger partial charge in [0.2, 0.25) is 65.0 Å². The summed E-state index contributed by atoms with van der Waals surface area (Å²) in [4.78, 5) is 167. The number of unbranched alkanes of at least 4 members (excludes halogenated alkanes) is 13. The first-order valence-electron chi connectivity index (χ1n) is 43.4. The molecule has 2 fully saturated rings. The van der Waals surface area contributed by atoms with Crippen LogP contribution in [0.2, 0.25) is 0 Å². The monoisotopic (exact) mass is 1730 g/mol. The van der Waals surface area contributed by atoms with E-state index in [1.54, 1.807) is 42.7 Å². The Morgan fingerprint density at radius 1 is 0.650 bits per heavy atom. The number of aliphatic hydroxyl groups excluding tert-OH is 6. The van der Waals surface area contributed by atoms with Crippen LogP contribution in [0.4, 0.5) is 0 Å². The highest BCUT2D eigenvalue weighted by Crippen LogP contribution is 2.25. The average Bonchev–Trinajstić information content (AvgIpc) is 1.68. The number of hydrogen-bond acceptors (Lipinski definition) is 25. The van der Waals surface area contributed by atoms with Gasteiger partial charge >= 0.3 is 0 Å². The van der Waals surface area contributed by atoms with Crippen LogP contribution < -0.4 is 97.8 Å². The molecule has 4 heterocycles. The number of rotatable bonds is 46. The molecule has 16 atom stereocenters. The quantitative estimate of drug-likeness (QED) is 0.0121. The lowest BCUT2D eigenvalue weighted by atomic mass is 10.0. The molecule has 3 aromatic rings. The number of H-pyrrole nitrogens is 1. The van der Waals surface area contributed by atoms with Gasteiger partial charge in [-0.2, -0.15) is 0 Å². The number of nitrogens with two attached hydrogens (primary N) is 5. The molecule has 0 saturated carbocycles. The molecule has 39 nitrogen and oxygen atoms in total. The molecular formula is C84H139N21O18. The molecule has 0 spiro atoms. The predicted octanol–water partition coefficient (Wildman–Crippen LogP) is -2.41. The number of para-hydroxylation sites is 1. The third-order valence-electron chi connectivity index (χ3n) is 21.8. The summed E-state index contributed by atoms with van der Waals surface area (Å²) >= 11 is 0. The highest BCUT2D eigenvalue weighted by Gasteiger charge is 2.43. The smallest absolute Gasteiger partial charge is 0.243 e. The molecule has 688 valence electrons. The van der Waals surface area contributed by atoms with Crippen molar-refractivity contribution in [1.29, 1.82) is 0 Å². The van der Waals surface area contributed by atoms with Crippen molar-refractivity contribution in [3.05, 3.63) is 83.8 Å². The first-order chi connectivity index (χ1) is 58.8. The number of amides is 11. The van der Waals surface area contributed by atoms with E-state index >= 15 is 0 Å². The summed E-state index contributed by atoms with van der Waals surface area (Å²) in [5, 5.41) is 101. The van der Waals surface area contributed by atoms with Gasteiger partial charge in [-0.3, -0.25) is 78.1 Å². The van der Waals surface area contributed by atoms with Gasteiger partial charge in [-0.15, -0.1) is 0 Å². The van der Waals surface area contributed by atoms with Crippen molar-refractivity contribution in [3.8, 4) is 0 Å². The van der Waals surface area contributed by atoms with Gasteiger partial charge in [-0.05, 0) is 88.8 Å². The van der Waals surface area contributed by atoms with Gasteiger partial charge in [-0.1, -0.05) is 152 Å². The Hall–Kier alpha value is -9.97. The minimum atomic E-state index is -1.79. The highest BCUT2D eigenvalue weighted by atomic mass is 16.3. The average molecular weight is 1730 g/mol. The Kier molecular flexibility index (Phi) is 47.8. The number of ketones is 1. The molecule has 123 heavy (non-hydrogen) atoms. The van der Waals surface area contributed by atoms with Gasteiger partial charge in [-0.25, -0.2) is 0 Å². The summed E-state index contributed by atoms with van der Waals surface area (Å²) < 4.78 is 0. The second-order valence-corrected chi connectivity index (χ2v) is 32.1. The number of aliphatic imine (C=N–C) groups is 1. The number of benzene rings is 2. The maximum Gasteiger partial charge on any atom is 0.243 e. The highest BCUT2D eigenvalue weighted by molar-refractivity contribution is 5.97. The number of aromatic amines is 1. The molecule has 6 rings (SSSR count). The van der Waals surface area contributed by atoms with Crippen molar-refractivity contribution < 1.29 is 88.2 Å². The van der Waals surface area contributed by atoms with Crippen molar-refractivity contribution in [1.82, 2.24) is 79.0 Å². The minimum absolute atomic E-state index is 0.00664. The fourth-order valence-corrected chi connectivity index (χ4v) is 14.7. The number of hydrogen-bond donors (Lipinski definition) is 25. The Morgan fingerprint density at radius 2 is 1.27 bits per heavy atom. The fourth-order valence-electron chi connectivity index (χ4n) is 14.7. The van der Waals surface area contributed by atoms with E-state index in [0.717, 1.165) is 36.6 Å². The van der Waals surface area contributed by atoms with Gasteiger partial charge in [0.1, 0.15) is 48.9 Å². The Labute approximate surface area is 719 Å². The van der Waals surface area contributed by atoms with E-state index in [9.17, 15) is 88.2 Å². The van der Waals surface area contributed by atoms with Crippen molar-refractivity contribution in [2.24, 2.45) is 33.7 Å². The lowest BCUT2D eigenvalue weighted by Gasteiger charge is -2.33. The number of nitrogens with zero attached hydrogens (tertiary/aromatic N) is 2. The van der Waals surface area contributed by atoms with E-state index in [0.29, 0.717) is 55.6 Å². The van der Waals surface area contributed by atoms with Crippen LogP contribution in [-0.4, -0.2) is 254 Å². The van der Waals surface area contributed by atoms with Crippen molar-refractivity contribution in [2.45, 2.75) is 311 Å². The molecule has 11 amide bonds. The van der Waals surface area contributed by atoms with Gasteiger partial charge in [0.15, 0.2) is 11.7 Å². The van der Waals surface area contributed by atoms with E-state index in [1.807, 2.05) is 31.2 Å². The summed E-state index contributed by atoms with van der Waals surface area (Å²) in [6.45, 7) is 6.23. The summed E-state index contributed by atoms with van der Waals surface area (Å²) in [6, 6.07) is 2.93. The van der Waals surface area contributed by atoms with Crippen LogP contribution in [0.3, 0.4) is 0 Å². The number of Topliss-reactive ketones (excluding diaryl/α,β-unsaturated/α-hetero) is 1. The topological polar surface area (TPSA) is 644 Å². The molecule has 3 aliphatic rings. The first-order valence-corrected chi connectivity index (χ1v) is 43.4.